The Morgan fingerprint density at radius 3 is 3.04 bits per heavy atom. The zero-order valence-corrected chi connectivity index (χ0v) is 16.0. The smallest absolute Gasteiger partial charge is 0.255 e. The largest absolute Gasteiger partial charge is 0.394 e. The normalized spacial score (nSPS) is 15.6. The van der Waals surface area contributed by atoms with Crippen LogP contribution in [0.4, 0.5) is 0 Å². The van der Waals surface area contributed by atoms with Gasteiger partial charge in [0.05, 0.1) is 30.5 Å². The van der Waals surface area contributed by atoms with E-state index in [9.17, 15) is 4.79 Å². The van der Waals surface area contributed by atoms with Crippen molar-refractivity contribution in [2.45, 2.75) is 45.7 Å². The first-order chi connectivity index (χ1) is 13.6. The molecule has 1 amide bonds. The number of aliphatic hydroxyl groups excluding tert-OH is 1. The maximum atomic E-state index is 12.7. The fraction of sp³-hybridized carbons (Fsp3) is 0.400. The number of amides is 1. The van der Waals surface area contributed by atoms with Gasteiger partial charge in [-0.3, -0.25) is 9.48 Å². The van der Waals surface area contributed by atoms with Gasteiger partial charge in [0, 0.05) is 18.2 Å². The van der Waals surface area contributed by atoms with Crippen LogP contribution in [0.3, 0.4) is 0 Å². The highest BCUT2D eigenvalue weighted by Crippen LogP contribution is 2.34. The molecule has 1 aromatic carbocycles. The van der Waals surface area contributed by atoms with Gasteiger partial charge in [-0.25, -0.2) is 0 Å². The lowest BCUT2D eigenvalue weighted by Gasteiger charge is -2.14. The summed E-state index contributed by atoms with van der Waals surface area (Å²) in [7, 11) is 0. The summed E-state index contributed by atoms with van der Waals surface area (Å²) in [4.78, 5) is 17.1. The predicted molar refractivity (Wildman–Crippen MR) is 102 cm³/mol. The number of rotatable bonds is 6. The molecule has 0 saturated heterocycles. The number of hydrogen-bond donors (Lipinski definition) is 2. The van der Waals surface area contributed by atoms with Crippen LogP contribution in [-0.2, 0) is 19.4 Å². The lowest BCUT2D eigenvalue weighted by atomic mass is 10.0. The molecule has 0 aliphatic heterocycles. The summed E-state index contributed by atoms with van der Waals surface area (Å²) >= 11 is 0. The van der Waals surface area contributed by atoms with Crippen LogP contribution < -0.4 is 5.32 Å². The summed E-state index contributed by atoms with van der Waals surface area (Å²) in [5, 5.41) is 20.5. The maximum Gasteiger partial charge on any atom is 0.255 e. The van der Waals surface area contributed by atoms with E-state index in [1.807, 2.05) is 19.1 Å². The Labute approximate surface area is 162 Å². The van der Waals surface area contributed by atoms with Crippen LogP contribution in [0, 0.1) is 6.92 Å². The average Bonchev–Trinajstić information content (AvgIpc) is 3.40. The van der Waals surface area contributed by atoms with Crippen molar-refractivity contribution < 1.29 is 14.4 Å². The van der Waals surface area contributed by atoms with E-state index in [0.717, 1.165) is 24.0 Å². The minimum atomic E-state index is -0.144. The van der Waals surface area contributed by atoms with Crippen LogP contribution in [-0.4, -0.2) is 37.5 Å². The van der Waals surface area contributed by atoms with E-state index >= 15 is 0 Å². The molecule has 4 rings (SSSR count). The Morgan fingerprint density at radius 2 is 2.29 bits per heavy atom. The lowest BCUT2D eigenvalue weighted by molar-refractivity contribution is 0.0936. The van der Waals surface area contributed by atoms with Crippen molar-refractivity contribution >= 4 is 5.91 Å². The molecule has 0 saturated carbocycles. The summed E-state index contributed by atoms with van der Waals surface area (Å²) in [6, 6.07) is 6.05. The number of nitrogens with zero attached hydrogens (tertiary/aromatic N) is 4. The van der Waals surface area contributed by atoms with Gasteiger partial charge >= 0.3 is 0 Å². The van der Waals surface area contributed by atoms with E-state index in [-0.39, 0.29) is 18.6 Å². The number of nitrogens with one attached hydrogen (secondary N) is 1. The van der Waals surface area contributed by atoms with Crippen molar-refractivity contribution in [2.75, 3.05) is 6.61 Å². The molecule has 0 fully saturated rings. The molecular weight excluding hydrogens is 358 g/mol. The van der Waals surface area contributed by atoms with E-state index in [0.29, 0.717) is 35.9 Å². The fourth-order valence-electron chi connectivity index (χ4n) is 3.62. The number of carbonyl (C=O) groups is 1. The van der Waals surface area contributed by atoms with Crippen LogP contribution in [0.25, 0.3) is 11.4 Å². The molecule has 2 N–H and O–H groups in total. The number of carbonyl (C=O) groups excluding carboxylic acids is 1. The number of benzene rings is 1. The number of aryl methyl sites for hydroxylation is 3. The van der Waals surface area contributed by atoms with Crippen molar-refractivity contribution in [3.8, 4) is 11.4 Å². The van der Waals surface area contributed by atoms with Gasteiger partial charge in [-0.05, 0) is 37.0 Å². The number of aromatic nitrogens is 4. The highest BCUT2D eigenvalue weighted by Gasteiger charge is 2.26. The van der Waals surface area contributed by atoms with Gasteiger partial charge in [0.25, 0.3) is 5.91 Å². The van der Waals surface area contributed by atoms with Crippen molar-refractivity contribution in [3.63, 3.8) is 0 Å². The van der Waals surface area contributed by atoms with Crippen molar-refractivity contribution in [2.24, 2.45) is 0 Å². The zero-order valence-electron chi connectivity index (χ0n) is 16.0. The predicted octanol–water partition coefficient (Wildman–Crippen LogP) is 2.21. The number of hydrogen-bond acceptors (Lipinski definition) is 6. The second-order valence-corrected chi connectivity index (χ2v) is 6.96. The van der Waals surface area contributed by atoms with Crippen molar-refractivity contribution in [3.05, 3.63) is 52.7 Å². The van der Waals surface area contributed by atoms with Gasteiger partial charge < -0.3 is 14.9 Å². The summed E-state index contributed by atoms with van der Waals surface area (Å²) in [5.74, 6) is 1.08. The second-order valence-electron chi connectivity index (χ2n) is 6.96. The van der Waals surface area contributed by atoms with Crippen LogP contribution in [0.2, 0.25) is 0 Å². The molecule has 8 heteroatoms. The minimum absolute atomic E-state index is 0.0133. The first-order valence-corrected chi connectivity index (χ1v) is 9.50. The van der Waals surface area contributed by atoms with Crippen LogP contribution in [0.15, 0.2) is 28.9 Å². The molecule has 3 aromatic rings. The summed E-state index contributed by atoms with van der Waals surface area (Å²) in [5.41, 5.74) is 4.44. The molecule has 1 aliphatic carbocycles. The Morgan fingerprint density at radius 1 is 1.43 bits per heavy atom. The van der Waals surface area contributed by atoms with E-state index in [4.69, 9.17) is 9.63 Å². The highest BCUT2D eigenvalue weighted by atomic mass is 16.5. The third kappa shape index (κ3) is 3.43. The van der Waals surface area contributed by atoms with Gasteiger partial charge in [0.1, 0.15) is 0 Å². The number of aliphatic hydroxyl groups is 1. The molecule has 2 aromatic heterocycles. The second kappa shape index (κ2) is 7.55. The van der Waals surface area contributed by atoms with Gasteiger partial charge in [-0.1, -0.05) is 24.2 Å². The summed E-state index contributed by atoms with van der Waals surface area (Å²) < 4.78 is 6.79. The van der Waals surface area contributed by atoms with E-state index < -0.39 is 0 Å². The molecule has 1 aliphatic rings. The molecule has 1 atom stereocenters. The Hall–Kier alpha value is -3.00. The van der Waals surface area contributed by atoms with E-state index in [1.165, 1.54) is 5.56 Å². The molecule has 28 heavy (non-hydrogen) atoms. The zero-order chi connectivity index (χ0) is 19.7. The minimum Gasteiger partial charge on any atom is -0.394 e. The Bertz CT molecular complexity index is 1010. The third-order valence-corrected chi connectivity index (χ3v) is 5.07. The molecule has 0 spiro atoms. The van der Waals surface area contributed by atoms with Crippen LogP contribution >= 0.6 is 0 Å². The molecule has 146 valence electrons. The molecule has 8 nitrogen and oxygen atoms in total. The molecule has 2 heterocycles. The lowest BCUT2D eigenvalue weighted by Crippen LogP contribution is -2.27. The topological polar surface area (TPSA) is 106 Å². The van der Waals surface area contributed by atoms with Crippen molar-refractivity contribution in [1.29, 1.82) is 0 Å². The van der Waals surface area contributed by atoms with Gasteiger partial charge in [0.15, 0.2) is 0 Å². The van der Waals surface area contributed by atoms with Crippen molar-refractivity contribution in [1.82, 2.24) is 25.2 Å². The quantitative estimate of drug-likeness (QED) is 0.678. The SMILES string of the molecule is CCc1nc(-c2ccc3c(c2)CCC3NC(=O)c2cn(CCO)nc2C)no1. The molecular formula is C20H23N5O3. The average molecular weight is 381 g/mol. The molecule has 0 radical (unpaired) electrons. The van der Waals surface area contributed by atoms with E-state index in [2.05, 4.69) is 26.6 Å². The first-order valence-electron chi connectivity index (χ1n) is 9.50. The Balaban J connectivity index is 1.51. The fourth-order valence-corrected chi connectivity index (χ4v) is 3.62. The van der Waals surface area contributed by atoms with Gasteiger partial charge in [-0.2, -0.15) is 10.1 Å². The standard InChI is InChI=1S/C20H23N5O3/c1-3-18-22-19(24-28-18)14-4-6-15-13(10-14)5-7-17(15)21-20(27)16-11-25(8-9-26)23-12(16)2/h4,6,10-11,17,26H,3,5,7-9H2,1-2H3,(H,21,27). The van der Waals surface area contributed by atoms with E-state index in [1.54, 1.807) is 17.8 Å². The summed E-state index contributed by atoms with van der Waals surface area (Å²) in [6.45, 7) is 4.13. The van der Waals surface area contributed by atoms with Gasteiger partial charge in [-0.15, -0.1) is 0 Å². The third-order valence-electron chi connectivity index (χ3n) is 5.07. The van der Waals surface area contributed by atoms with Gasteiger partial charge in [0.2, 0.25) is 11.7 Å². The molecule has 1 unspecified atom stereocenters. The maximum absolute atomic E-state index is 12.7. The van der Waals surface area contributed by atoms with Crippen LogP contribution in [0.5, 0.6) is 0 Å². The monoisotopic (exact) mass is 381 g/mol. The Kier molecular flexibility index (Phi) is 4.95. The first kappa shape index (κ1) is 18.4. The summed E-state index contributed by atoms with van der Waals surface area (Å²) in [6.07, 6.45) is 4.12. The molecule has 0 bridgehead atoms. The van der Waals surface area contributed by atoms with Crippen LogP contribution in [0.1, 0.15) is 52.5 Å². The number of fused-ring (bicyclic) bond motifs is 1. The highest BCUT2D eigenvalue weighted by molar-refractivity contribution is 5.95.